The van der Waals surface area contributed by atoms with Crippen molar-refractivity contribution in [1.29, 1.82) is 0 Å². The van der Waals surface area contributed by atoms with Gasteiger partial charge in [0.2, 0.25) is 0 Å². The van der Waals surface area contributed by atoms with Gasteiger partial charge in [-0.1, -0.05) is 17.3 Å². The van der Waals surface area contributed by atoms with Crippen molar-refractivity contribution in [3.63, 3.8) is 0 Å². The molecule has 0 aliphatic carbocycles. The van der Waals surface area contributed by atoms with Gasteiger partial charge >= 0.3 is 0 Å². The van der Waals surface area contributed by atoms with Gasteiger partial charge in [-0.2, -0.15) is 0 Å². The Hall–Kier alpha value is -2.95. The van der Waals surface area contributed by atoms with Gasteiger partial charge < -0.3 is 19.0 Å². The van der Waals surface area contributed by atoms with Gasteiger partial charge in [-0.25, -0.2) is 0 Å². The Labute approximate surface area is 199 Å². The predicted octanol–water partition coefficient (Wildman–Crippen LogP) is 6.87. The Morgan fingerprint density at radius 1 is 0.788 bits per heavy atom. The summed E-state index contributed by atoms with van der Waals surface area (Å²) in [5.41, 5.74) is 6.35. The zero-order valence-corrected chi connectivity index (χ0v) is 21.3. The highest BCUT2D eigenvalue weighted by Crippen LogP contribution is 2.29. The number of aryl methyl sites for hydroxylation is 4. The molecule has 0 fully saturated rings. The predicted molar refractivity (Wildman–Crippen MR) is 136 cm³/mol. The third-order valence-corrected chi connectivity index (χ3v) is 5.40. The zero-order valence-electron chi connectivity index (χ0n) is 21.3. The van der Waals surface area contributed by atoms with Crippen molar-refractivity contribution >= 4 is 5.71 Å². The molecule has 0 saturated heterocycles. The van der Waals surface area contributed by atoms with E-state index in [0.29, 0.717) is 19.8 Å². The Morgan fingerprint density at radius 2 is 1.30 bits per heavy atom. The van der Waals surface area contributed by atoms with E-state index in [4.69, 9.17) is 19.0 Å². The van der Waals surface area contributed by atoms with Crippen molar-refractivity contribution in [3.8, 4) is 17.2 Å². The smallest absolute Gasteiger partial charge is 0.125 e. The van der Waals surface area contributed by atoms with Gasteiger partial charge in [0.1, 0.15) is 31.0 Å². The normalized spacial score (nSPS) is 11.7. The van der Waals surface area contributed by atoms with Crippen LogP contribution < -0.4 is 14.2 Å². The molecule has 180 valence electrons. The fourth-order valence-electron chi connectivity index (χ4n) is 3.77. The van der Waals surface area contributed by atoms with Crippen molar-refractivity contribution in [2.75, 3.05) is 26.9 Å². The Bertz CT molecular complexity index is 916. The van der Waals surface area contributed by atoms with E-state index >= 15 is 0 Å². The molecule has 0 bridgehead atoms. The van der Waals surface area contributed by atoms with Crippen LogP contribution in [0.4, 0.5) is 0 Å². The van der Waals surface area contributed by atoms with Crippen molar-refractivity contribution < 1.29 is 19.0 Å². The van der Waals surface area contributed by atoms with E-state index in [2.05, 4.69) is 45.0 Å². The second-order valence-corrected chi connectivity index (χ2v) is 8.32. The van der Waals surface area contributed by atoms with E-state index in [1.165, 1.54) is 0 Å². The summed E-state index contributed by atoms with van der Waals surface area (Å²) in [4.78, 5) is 4.88. The second-order valence-electron chi connectivity index (χ2n) is 8.32. The van der Waals surface area contributed by atoms with Gasteiger partial charge in [0.25, 0.3) is 0 Å². The Morgan fingerprint density at radius 3 is 1.79 bits per heavy atom. The van der Waals surface area contributed by atoms with Crippen LogP contribution >= 0.6 is 0 Å². The van der Waals surface area contributed by atoms with Crippen molar-refractivity contribution in [2.24, 2.45) is 5.16 Å². The first-order valence-electron chi connectivity index (χ1n) is 11.7. The molecule has 2 aromatic rings. The van der Waals surface area contributed by atoms with Crippen molar-refractivity contribution in [2.45, 2.75) is 60.8 Å². The highest BCUT2D eigenvalue weighted by atomic mass is 16.6. The SMILES string of the molecule is C/C=C/COc1cc(C)c(OCCCCCOc2c(C)cc(C(C)=NOC)cc2C)c(C)c1. The molecule has 0 saturated carbocycles. The highest BCUT2D eigenvalue weighted by molar-refractivity contribution is 5.98. The molecule has 2 aromatic carbocycles. The van der Waals surface area contributed by atoms with Crippen LogP contribution in [-0.4, -0.2) is 32.6 Å². The van der Waals surface area contributed by atoms with Crippen LogP contribution in [0.15, 0.2) is 41.6 Å². The van der Waals surface area contributed by atoms with Gasteiger partial charge in [-0.05, 0) is 113 Å². The van der Waals surface area contributed by atoms with E-state index < -0.39 is 0 Å². The third-order valence-electron chi connectivity index (χ3n) is 5.40. The first-order valence-corrected chi connectivity index (χ1v) is 11.7. The fraction of sp³-hybridized carbons (Fsp3) is 0.464. The third kappa shape index (κ3) is 8.16. The number of oxime groups is 1. The summed E-state index contributed by atoms with van der Waals surface area (Å²) in [5.74, 6) is 2.80. The van der Waals surface area contributed by atoms with Crippen LogP contribution in [0.3, 0.4) is 0 Å². The van der Waals surface area contributed by atoms with Crippen LogP contribution in [0.25, 0.3) is 0 Å². The average Bonchev–Trinajstić information content (AvgIpc) is 2.76. The summed E-state index contributed by atoms with van der Waals surface area (Å²) >= 11 is 0. The molecule has 2 rings (SSSR count). The minimum Gasteiger partial charge on any atom is -0.493 e. The van der Waals surface area contributed by atoms with Gasteiger partial charge in [0.15, 0.2) is 0 Å². The number of rotatable bonds is 13. The van der Waals surface area contributed by atoms with Crippen LogP contribution in [0.2, 0.25) is 0 Å². The van der Waals surface area contributed by atoms with Gasteiger partial charge in [-0.15, -0.1) is 0 Å². The Balaban J connectivity index is 1.76. The number of nitrogens with zero attached hydrogens (tertiary/aromatic N) is 1. The van der Waals surface area contributed by atoms with E-state index in [0.717, 1.165) is 70.0 Å². The number of ether oxygens (including phenoxy) is 3. The molecule has 0 aliphatic rings. The molecular formula is C28H39NO4. The van der Waals surface area contributed by atoms with Crippen molar-refractivity contribution in [1.82, 2.24) is 0 Å². The summed E-state index contributed by atoms with van der Waals surface area (Å²) in [6.07, 6.45) is 7.02. The number of hydrogen-bond donors (Lipinski definition) is 0. The lowest BCUT2D eigenvalue weighted by Gasteiger charge is -2.15. The van der Waals surface area contributed by atoms with Crippen LogP contribution in [0, 0.1) is 27.7 Å². The average molecular weight is 454 g/mol. The molecule has 5 heteroatoms. The number of unbranched alkanes of at least 4 members (excludes halogenated alkanes) is 2. The molecule has 0 spiro atoms. The van der Waals surface area contributed by atoms with Crippen molar-refractivity contribution in [3.05, 3.63) is 64.2 Å². The first-order chi connectivity index (χ1) is 15.9. The maximum Gasteiger partial charge on any atom is 0.125 e. The highest BCUT2D eigenvalue weighted by Gasteiger charge is 2.10. The maximum absolute atomic E-state index is 6.09. The standard InChI is InChI=1S/C28H39NO4/c1-8-9-13-31-26-18-22(4)28(23(5)19-26)33-15-12-10-11-14-32-27-20(2)16-25(17-21(27)3)24(6)29-30-7/h8-9,16-19H,10-15H2,1-7H3/b9-8+,29-24?. The maximum atomic E-state index is 6.09. The minimum atomic E-state index is 0.586. The molecule has 0 N–H and O–H groups in total. The molecule has 0 radical (unpaired) electrons. The fourth-order valence-corrected chi connectivity index (χ4v) is 3.77. The molecule has 33 heavy (non-hydrogen) atoms. The molecule has 5 nitrogen and oxygen atoms in total. The summed E-state index contributed by atoms with van der Waals surface area (Å²) < 4.78 is 17.9. The van der Waals surface area contributed by atoms with E-state index in [1.807, 2.05) is 38.1 Å². The quantitative estimate of drug-likeness (QED) is 0.144. The van der Waals surface area contributed by atoms with Gasteiger partial charge in [0, 0.05) is 0 Å². The van der Waals surface area contributed by atoms with Crippen LogP contribution in [0.5, 0.6) is 17.2 Å². The van der Waals surface area contributed by atoms with Gasteiger partial charge in [-0.3, -0.25) is 0 Å². The molecule has 0 aromatic heterocycles. The van der Waals surface area contributed by atoms with Crippen LogP contribution in [-0.2, 0) is 4.84 Å². The van der Waals surface area contributed by atoms with Gasteiger partial charge in [0.05, 0.1) is 18.9 Å². The molecule has 0 amide bonds. The molecule has 0 heterocycles. The summed E-state index contributed by atoms with van der Waals surface area (Å²) in [6.45, 7) is 14.2. The molecular weight excluding hydrogens is 414 g/mol. The first kappa shape index (κ1) is 26.3. The number of hydrogen-bond acceptors (Lipinski definition) is 5. The lowest BCUT2D eigenvalue weighted by molar-refractivity contribution is 0.213. The molecule has 0 aliphatic heterocycles. The van der Waals surface area contributed by atoms with E-state index in [1.54, 1.807) is 7.11 Å². The van der Waals surface area contributed by atoms with E-state index in [-0.39, 0.29) is 0 Å². The number of allylic oxidation sites excluding steroid dienone is 1. The number of benzene rings is 2. The lowest BCUT2D eigenvalue weighted by Crippen LogP contribution is -2.05. The minimum absolute atomic E-state index is 0.586. The van der Waals surface area contributed by atoms with E-state index in [9.17, 15) is 0 Å². The molecule has 0 atom stereocenters. The zero-order chi connectivity index (χ0) is 24.2. The molecule has 0 unspecified atom stereocenters. The topological polar surface area (TPSA) is 49.3 Å². The monoisotopic (exact) mass is 453 g/mol. The Kier molecular flexibility index (Phi) is 10.8. The summed E-state index contributed by atoms with van der Waals surface area (Å²) in [7, 11) is 1.56. The summed E-state index contributed by atoms with van der Waals surface area (Å²) in [6, 6.07) is 8.27. The van der Waals surface area contributed by atoms with Crippen LogP contribution in [0.1, 0.15) is 60.9 Å². The largest absolute Gasteiger partial charge is 0.493 e. The lowest BCUT2D eigenvalue weighted by atomic mass is 10.0. The second kappa shape index (κ2) is 13.6. The summed E-state index contributed by atoms with van der Waals surface area (Å²) in [5, 5.41) is 4.02.